The monoisotopic (exact) mass is 362 g/mol. The minimum Gasteiger partial charge on any atom is -0.464 e. The molecule has 0 unspecified atom stereocenters. The Hall–Kier alpha value is -3.08. The number of hydrogen-bond donors (Lipinski definition) is 1. The molecule has 2 aromatic carbocycles. The zero-order chi connectivity index (χ0) is 19.0. The molecule has 0 radical (unpaired) electrons. The van der Waals surface area contributed by atoms with Gasteiger partial charge in [-0.1, -0.05) is 0 Å². The van der Waals surface area contributed by atoms with Gasteiger partial charge in [0.15, 0.2) is 0 Å². The normalized spacial score (nSPS) is 14.1. The highest BCUT2D eigenvalue weighted by atomic mass is 16.3. The molecule has 2 amide bonds. The first kappa shape index (κ1) is 17.3. The van der Waals surface area contributed by atoms with E-state index in [1.165, 1.54) is 11.1 Å². The number of fused-ring (bicyclic) bond motifs is 1. The summed E-state index contributed by atoms with van der Waals surface area (Å²) in [6.45, 7) is 4.86. The number of hydrogen-bond acceptors (Lipinski definition) is 3. The molecule has 0 saturated carbocycles. The Kier molecular flexibility index (Phi) is 4.44. The van der Waals surface area contributed by atoms with Crippen molar-refractivity contribution in [3.63, 3.8) is 0 Å². The summed E-state index contributed by atoms with van der Waals surface area (Å²) >= 11 is 0. The van der Waals surface area contributed by atoms with E-state index in [2.05, 4.69) is 18.3 Å². The third-order valence-corrected chi connectivity index (χ3v) is 5.16. The van der Waals surface area contributed by atoms with E-state index in [0.29, 0.717) is 6.42 Å². The van der Waals surface area contributed by atoms with Gasteiger partial charge < -0.3 is 14.6 Å². The number of aryl methyl sites for hydroxylation is 2. The standard InChI is InChI=1S/C22H22N2O3/c1-14-10-19-16(13-27-20(19)11-15(14)2)12-21(25)23-17-5-7-18(8-6-17)24-9-3-4-22(24)26/h5-8,10-11,13H,3-4,9,12H2,1-2H3,(H,23,25). The van der Waals surface area contributed by atoms with Crippen LogP contribution in [-0.2, 0) is 16.0 Å². The smallest absolute Gasteiger partial charge is 0.228 e. The van der Waals surface area contributed by atoms with Crippen molar-refractivity contribution in [2.24, 2.45) is 0 Å². The van der Waals surface area contributed by atoms with Crippen molar-refractivity contribution < 1.29 is 14.0 Å². The molecule has 3 aromatic rings. The first-order valence-corrected chi connectivity index (χ1v) is 9.19. The second-order valence-electron chi connectivity index (χ2n) is 7.11. The zero-order valence-corrected chi connectivity index (χ0v) is 15.5. The fraction of sp³-hybridized carbons (Fsp3) is 0.273. The summed E-state index contributed by atoms with van der Waals surface area (Å²) in [6.07, 6.45) is 3.41. The average molecular weight is 362 g/mol. The Balaban J connectivity index is 1.45. The Morgan fingerprint density at radius 2 is 1.89 bits per heavy atom. The van der Waals surface area contributed by atoms with Gasteiger partial charge in [-0.3, -0.25) is 9.59 Å². The van der Waals surface area contributed by atoms with Crippen LogP contribution in [0, 0.1) is 13.8 Å². The van der Waals surface area contributed by atoms with Gasteiger partial charge in [-0.05, 0) is 67.8 Å². The summed E-state index contributed by atoms with van der Waals surface area (Å²) in [5, 5.41) is 3.90. The highest BCUT2D eigenvalue weighted by Gasteiger charge is 2.21. The van der Waals surface area contributed by atoms with E-state index in [0.717, 1.165) is 40.9 Å². The minimum atomic E-state index is -0.0964. The van der Waals surface area contributed by atoms with Gasteiger partial charge in [0.25, 0.3) is 0 Å². The van der Waals surface area contributed by atoms with Gasteiger partial charge in [-0.25, -0.2) is 0 Å². The minimum absolute atomic E-state index is 0.0964. The van der Waals surface area contributed by atoms with E-state index in [-0.39, 0.29) is 18.2 Å². The van der Waals surface area contributed by atoms with Gasteiger partial charge in [0.05, 0.1) is 12.7 Å². The van der Waals surface area contributed by atoms with E-state index >= 15 is 0 Å². The molecule has 5 heteroatoms. The first-order valence-electron chi connectivity index (χ1n) is 9.19. The summed E-state index contributed by atoms with van der Waals surface area (Å²) in [6, 6.07) is 11.5. The third-order valence-electron chi connectivity index (χ3n) is 5.16. The van der Waals surface area contributed by atoms with Crippen molar-refractivity contribution in [1.29, 1.82) is 0 Å². The fourth-order valence-electron chi connectivity index (χ4n) is 3.50. The van der Waals surface area contributed by atoms with Crippen LogP contribution in [0.4, 0.5) is 11.4 Å². The topological polar surface area (TPSA) is 62.6 Å². The maximum atomic E-state index is 12.5. The lowest BCUT2D eigenvalue weighted by Gasteiger charge is -2.16. The Morgan fingerprint density at radius 1 is 1.15 bits per heavy atom. The van der Waals surface area contributed by atoms with E-state index in [4.69, 9.17) is 4.42 Å². The lowest BCUT2D eigenvalue weighted by Crippen LogP contribution is -2.23. The molecule has 0 atom stereocenters. The molecular weight excluding hydrogens is 340 g/mol. The summed E-state index contributed by atoms with van der Waals surface area (Å²) < 4.78 is 5.60. The molecule has 5 nitrogen and oxygen atoms in total. The maximum absolute atomic E-state index is 12.5. The zero-order valence-electron chi connectivity index (χ0n) is 15.5. The van der Waals surface area contributed by atoms with E-state index < -0.39 is 0 Å². The third kappa shape index (κ3) is 3.45. The Labute approximate surface area is 158 Å². The van der Waals surface area contributed by atoms with Crippen LogP contribution in [0.2, 0.25) is 0 Å². The summed E-state index contributed by atoms with van der Waals surface area (Å²) in [5.74, 6) is 0.0603. The van der Waals surface area contributed by atoms with Crippen LogP contribution in [0.15, 0.2) is 47.1 Å². The average Bonchev–Trinajstić information content (AvgIpc) is 3.23. The van der Waals surface area contributed by atoms with Gasteiger partial charge in [0, 0.05) is 35.3 Å². The molecule has 1 aliphatic heterocycles. The molecule has 0 aliphatic carbocycles. The van der Waals surface area contributed by atoms with Crippen LogP contribution >= 0.6 is 0 Å². The Bertz CT molecular complexity index is 1020. The molecule has 1 fully saturated rings. The largest absolute Gasteiger partial charge is 0.464 e. The molecule has 0 spiro atoms. The Morgan fingerprint density at radius 3 is 2.59 bits per heavy atom. The SMILES string of the molecule is Cc1cc2occ(CC(=O)Nc3ccc(N4CCCC4=O)cc3)c2cc1C. The number of benzene rings is 2. The summed E-state index contributed by atoms with van der Waals surface area (Å²) in [7, 11) is 0. The number of rotatable bonds is 4. The highest BCUT2D eigenvalue weighted by molar-refractivity contribution is 5.97. The van der Waals surface area contributed by atoms with Crippen LogP contribution < -0.4 is 10.2 Å². The van der Waals surface area contributed by atoms with Gasteiger partial charge in [-0.15, -0.1) is 0 Å². The van der Waals surface area contributed by atoms with Crippen molar-refractivity contribution >= 4 is 34.2 Å². The van der Waals surface area contributed by atoms with Gasteiger partial charge in [0.1, 0.15) is 5.58 Å². The molecule has 1 saturated heterocycles. The van der Waals surface area contributed by atoms with Crippen LogP contribution in [0.3, 0.4) is 0 Å². The van der Waals surface area contributed by atoms with E-state index in [9.17, 15) is 9.59 Å². The van der Waals surface area contributed by atoms with Crippen LogP contribution in [0.25, 0.3) is 11.0 Å². The summed E-state index contributed by atoms with van der Waals surface area (Å²) in [4.78, 5) is 26.1. The number of carbonyl (C=O) groups excluding carboxylic acids is 2. The lowest BCUT2D eigenvalue weighted by molar-refractivity contribution is -0.117. The van der Waals surface area contributed by atoms with Crippen molar-refractivity contribution in [2.75, 3.05) is 16.8 Å². The first-order chi connectivity index (χ1) is 13.0. The molecule has 1 aromatic heterocycles. The van der Waals surface area contributed by atoms with E-state index in [1.54, 1.807) is 11.2 Å². The summed E-state index contributed by atoms with van der Waals surface area (Å²) in [5.41, 5.74) is 5.63. The van der Waals surface area contributed by atoms with Gasteiger partial charge >= 0.3 is 0 Å². The second kappa shape index (κ2) is 6.91. The molecule has 2 heterocycles. The van der Waals surface area contributed by atoms with Crippen LogP contribution in [0.5, 0.6) is 0 Å². The quantitative estimate of drug-likeness (QED) is 0.750. The fourth-order valence-corrected chi connectivity index (χ4v) is 3.50. The second-order valence-corrected chi connectivity index (χ2v) is 7.11. The van der Waals surface area contributed by atoms with Crippen molar-refractivity contribution in [3.05, 3.63) is 59.4 Å². The van der Waals surface area contributed by atoms with Gasteiger partial charge in [0.2, 0.25) is 11.8 Å². The number of furan rings is 1. The molecule has 1 aliphatic rings. The molecule has 27 heavy (non-hydrogen) atoms. The predicted molar refractivity (Wildman–Crippen MR) is 106 cm³/mol. The van der Waals surface area contributed by atoms with Crippen molar-refractivity contribution in [3.8, 4) is 0 Å². The number of nitrogens with zero attached hydrogens (tertiary/aromatic N) is 1. The molecule has 1 N–H and O–H groups in total. The molecule has 4 rings (SSSR count). The van der Waals surface area contributed by atoms with Crippen molar-refractivity contribution in [2.45, 2.75) is 33.1 Å². The number of amides is 2. The van der Waals surface area contributed by atoms with E-state index in [1.807, 2.05) is 37.3 Å². The lowest BCUT2D eigenvalue weighted by atomic mass is 10.0. The number of nitrogens with one attached hydrogen (secondary N) is 1. The highest BCUT2D eigenvalue weighted by Crippen LogP contribution is 2.26. The molecule has 138 valence electrons. The van der Waals surface area contributed by atoms with Crippen LogP contribution in [-0.4, -0.2) is 18.4 Å². The van der Waals surface area contributed by atoms with Crippen molar-refractivity contribution in [1.82, 2.24) is 0 Å². The molecular formula is C22H22N2O3. The maximum Gasteiger partial charge on any atom is 0.228 e. The molecule has 0 bridgehead atoms. The number of carbonyl (C=O) groups is 2. The number of anilines is 2. The van der Waals surface area contributed by atoms with Gasteiger partial charge in [-0.2, -0.15) is 0 Å². The van der Waals surface area contributed by atoms with Crippen LogP contribution in [0.1, 0.15) is 29.5 Å². The predicted octanol–water partition coefficient (Wildman–Crippen LogP) is 4.36.